The smallest absolute Gasteiger partial charge is 0.285 e. The molecule has 0 aliphatic carbocycles. The van der Waals surface area contributed by atoms with E-state index in [0.717, 1.165) is 12.3 Å². The van der Waals surface area contributed by atoms with Gasteiger partial charge in [-0.3, -0.25) is 5.21 Å². The van der Waals surface area contributed by atoms with E-state index in [4.69, 9.17) is 5.21 Å². The molecule has 2 nitrogen and oxygen atoms in total. The van der Waals surface area contributed by atoms with Crippen LogP contribution in [-0.2, 0) is 11.9 Å². The van der Waals surface area contributed by atoms with Crippen LogP contribution in [0.1, 0.15) is 11.3 Å². The van der Waals surface area contributed by atoms with Crippen LogP contribution < -0.4 is 4.73 Å². The van der Waals surface area contributed by atoms with Crippen LogP contribution in [0, 0.1) is 0 Å². The van der Waals surface area contributed by atoms with Crippen LogP contribution in [0.25, 0.3) is 0 Å². The molecule has 78 valence electrons. The molecule has 0 aromatic carbocycles. The second-order valence-corrected chi connectivity index (χ2v) is 3.56. The summed E-state index contributed by atoms with van der Waals surface area (Å²) in [4.78, 5) is 0. The average molecular weight is 224 g/mol. The fourth-order valence-corrected chi connectivity index (χ4v) is 1.51. The molecule has 0 aliphatic rings. The Morgan fingerprint density at radius 3 is 2.50 bits per heavy atom. The predicted molar refractivity (Wildman–Crippen MR) is 46.0 cm³/mol. The molecule has 0 aliphatic heterocycles. The molecule has 1 N–H and O–H groups in total. The highest BCUT2D eigenvalue weighted by Crippen LogP contribution is 2.26. The number of nitrogens with zero attached hydrogens (tertiary/aromatic N) is 1. The largest absolute Gasteiger partial charge is 0.482 e. The predicted octanol–water partition coefficient (Wildman–Crippen LogP) is 2.09. The monoisotopic (exact) mass is 224 g/mol. The number of halogens is 3. The van der Waals surface area contributed by atoms with Crippen LogP contribution in [0.4, 0.5) is 13.2 Å². The lowest BCUT2D eigenvalue weighted by molar-refractivity contribution is -0.915. The molecule has 0 fully saturated rings. The van der Waals surface area contributed by atoms with Crippen LogP contribution >= 0.6 is 11.8 Å². The maximum atomic E-state index is 12.2. The summed E-state index contributed by atoms with van der Waals surface area (Å²) >= 11 is 1.47. The lowest BCUT2D eigenvalue weighted by atomic mass is 10.2. The number of pyridine rings is 1. The van der Waals surface area contributed by atoms with E-state index in [1.165, 1.54) is 17.8 Å². The maximum absolute atomic E-state index is 12.2. The van der Waals surface area contributed by atoms with Crippen molar-refractivity contribution in [1.29, 1.82) is 0 Å². The Morgan fingerprint density at radius 2 is 2.07 bits per heavy atom. The van der Waals surface area contributed by atoms with E-state index in [1.54, 1.807) is 0 Å². The van der Waals surface area contributed by atoms with Crippen LogP contribution in [0.3, 0.4) is 0 Å². The van der Waals surface area contributed by atoms with Crippen molar-refractivity contribution >= 4 is 11.8 Å². The summed E-state index contributed by atoms with van der Waals surface area (Å²) < 4.78 is 36.7. The number of hydrogen-bond donors (Lipinski definition) is 1. The van der Waals surface area contributed by atoms with Crippen molar-refractivity contribution in [2.75, 3.05) is 6.26 Å². The standard InChI is InChI=1S/C8H9F3NOS/c1-14-5-6-2-3-7(8(9,10)11)12(13)4-6/h2-4,13H,5H2,1H3/q+1. The number of rotatable bonds is 2. The van der Waals surface area contributed by atoms with Crippen molar-refractivity contribution in [2.45, 2.75) is 11.9 Å². The van der Waals surface area contributed by atoms with Gasteiger partial charge in [0.15, 0.2) is 0 Å². The Bertz CT molecular complexity index is 327. The fraction of sp³-hybridized carbons (Fsp3) is 0.375. The van der Waals surface area contributed by atoms with E-state index in [2.05, 4.69) is 0 Å². The summed E-state index contributed by atoms with van der Waals surface area (Å²) in [6.45, 7) is 0. The van der Waals surface area contributed by atoms with Gasteiger partial charge in [0, 0.05) is 22.1 Å². The van der Waals surface area contributed by atoms with Gasteiger partial charge in [-0.05, 0) is 12.3 Å². The molecule has 0 atom stereocenters. The van der Waals surface area contributed by atoms with E-state index in [0.29, 0.717) is 11.3 Å². The van der Waals surface area contributed by atoms with Crippen molar-refractivity contribution in [2.24, 2.45) is 0 Å². The molecule has 0 bridgehead atoms. The van der Waals surface area contributed by atoms with Crippen molar-refractivity contribution < 1.29 is 23.1 Å². The quantitative estimate of drug-likeness (QED) is 0.614. The van der Waals surface area contributed by atoms with Gasteiger partial charge < -0.3 is 0 Å². The van der Waals surface area contributed by atoms with E-state index in [9.17, 15) is 13.2 Å². The SMILES string of the molecule is CSCc1ccc(C(F)(F)F)[n+](O)c1. The van der Waals surface area contributed by atoms with Gasteiger partial charge in [0.2, 0.25) is 6.20 Å². The van der Waals surface area contributed by atoms with Gasteiger partial charge >= 0.3 is 11.9 Å². The zero-order chi connectivity index (χ0) is 10.8. The molecule has 1 aromatic heterocycles. The van der Waals surface area contributed by atoms with Crippen molar-refractivity contribution in [1.82, 2.24) is 0 Å². The Morgan fingerprint density at radius 1 is 1.43 bits per heavy atom. The molecular formula is C8H9F3NOS+. The van der Waals surface area contributed by atoms with Crippen LogP contribution in [0.2, 0.25) is 0 Å². The van der Waals surface area contributed by atoms with E-state index >= 15 is 0 Å². The van der Waals surface area contributed by atoms with Gasteiger partial charge in [-0.2, -0.15) is 24.9 Å². The van der Waals surface area contributed by atoms with E-state index < -0.39 is 11.9 Å². The molecule has 1 heterocycles. The second-order valence-electron chi connectivity index (χ2n) is 2.70. The van der Waals surface area contributed by atoms with E-state index in [1.807, 2.05) is 6.26 Å². The van der Waals surface area contributed by atoms with Crippen molar-refractivity contribution in [3.8, 4) is 0 Å². The molecule has 0 amide bonds. The molecule has 6 heteroatoms. The summed E-state index contributed by atoms with van der Waals surface area (Å²) in [7, 11) is 0. The summed E-state index contributed by atoms with van der Waals surface area (Å²) in [5, 5.41) is 9.04. The molecule has 0 unspecified atom stereocenters. The van der Waals surface area contributed by atoms with Gasteiger partial charge in [0.25, 0.3) is 0 Å². The average Bonchev–Trinajstić information content (AvgIpc) is 2.02. The fourth-order valence-electron chi connectivity index (χ4n) is 1.01. The molecule has 1 aromatic rings. The van der Waals surface area contributed by atoms with Gasteiger partial charge in [-0.15, -0.1) is 0 Å². The highest BCUT2D eigenvalue weighted by atomic mass is 32.2. The highest BCUT2D eigenvalue weighted by Gasteiger charge is 2.41. The first kappa shape index (κ1) is 11.2. The third-order valence-corrected chi connectivity index (χ3v) is 2.21. The van der Waals surface area contributed by atoms with Gasteiger partial charge in [-0.1, -0.05) is 0 Å². The normalized spacial score (nSPS) is 11.7. The molecule has 0 spiro atoms. The minimum atomic E-state index is -4.52. The Balaban J connectivity index is 3.02. The summed E-state index contributed by atoms with van der Waals surface area (Å²) in [5.41, 5.74) is -0.421. The Kier molecular flexibility index (Phi) is 3.25. The van der Waals surface area contributed by atoms with Crippen molar-refractivity contribution in [3.05, 3.63) is 29.6 Å². The van der Waals surface area contributed by atoms with Crippen LogP contribution in [-0.4, -0.2) is 11.5 Å². The first-order valence-corrected chi connectivity index (χ1v) is 5.14. The molecule has 0 saturated heterocycles. The highest BCUT2D eigenvalue weighted by molar-refractivity contribution is 7.97. The minimum absolute atomic E-state index is 0.117. The topological polar surface area (TPSA) is 24.1 Å². The van der Waals surface area contributed by atoms with Gasteiger partial charge in [0.05, 0.1) is 0 Å². The van der Waals surface area contributed by atoms with Crippen LogP contribution in [0.5, 0.6) is 0 Å². The summed E-state index contributed by atoms with van der Waals surface area (Å²) in [5.74, 6) is 0.568. The summed E-state index contributed by atoms with van der Waals surface area (Å²) in [6, 6.07) is 2.22. The zero-order valence-electron chi connectivity index (χ0n) is 7.38. The minimum Gasteiger partial charge on any atom is -0.285 e. The van der Waals surface area contributed by atoms with Gasteiger partial charge in [0.1, 0.15) is 0 Å². The molecule has 14 heavy (non-hydrogen) atoms. The lowest BCUT2D eigenvalue weighted by Gasteiger charge is -2.02. The summed E-state index contributed by atoms with van der Waals surface area (Å²) in [6.07, 6.45) is -1.62. The van der Waals surface area contributed by atoms with E-state index in [-0.39, 0.29) is 4.73 Å². The Labute approximate surface area is 83.3 Å². The third kappa shape index (κ3) is 2.54. The first-order chi connectivity index (χ1) is 6.45. The second kappa shape index (κ2) is 4.08. The zero-order valence-corrected chi connectivity index (χ0v) is 8.19. The number of alkyl halides is 3. The van der Waals surface area contributed by atoms with Crippen molar-refractivity contribution in [3.63, 3.8) is 0 Å². The van der Waals surface area contributed by atoms with Gasteiger partial charge in [-0.25, -0.2) is 0 Å². The molecule has 1 rings (SSSR count). The first-order valence-electron chi connectivity index (χ1n) is 3.75. The molecule has 0 radical (unpaired) electrons. The van der Waals surface area contributed by atoms with Crippen LogP contribution in [0.15, 0.2) is 18.3 Å². The molecule has 0 saturated carbocycles. The third-order valence-electron chi connectivity index (χ3n) is 1.59. The molecular weight excluding hydrogens is 215 g/mol. The maximum Gasteiger partial charge on any atom is 0.482 e. The number of hydrogen-bond acceptors (Lipinski definition) is 2. The number of thioether (sulfide) groups is 1. The lowest BCUT2D eigenvalue weighted by Crippen LogP contribution is -2.39. The number of aromatic nitrogens is 1. The Hall–Kier alpha value is -0.910.